The number of benzene rings is 2. The summed E-state index contributed by atoms with van der Waals surface area (Å²) in [5.41, 5.74) is 8.48. The van der Waals surface area contributed by atoms with E-state index in [1.54, 1.807) is 10.4 Å². The van der Waals surface area contributed by atoms with Gasteiger partial charge in [0, 0.05) is 0 Å². The average Bonchev–Trinajstić information content (AvgIpc) is 3.03. The van der Waals surface area contributed by atoms with Gasteiger partial charge in [0.05, 0.1) is 0 Å². The van der Waals surface area contributed by atoms with Gasteiger partial charge in [0.25, 0.3) is 0 Å². The van der Waals surface area contributed by atoms with E-state index in [9.17, 15) is 0 Å². The maximum absolute atomic E-state index is 6.72. The fourth-order valence-electron chi connectivity index (χ4n) is 4.65. The van der Waals surface area contributed by atoms with E-state index >= 15 is 0 Å². The van der Waals surface area contributed by atoms with E-state index in [0.29, 0.717) is 0 Å². The van der Waals surface area contributed by atoms with Crippen molar-refractivity contribution >= 4 is 49.6 Å². The summed E-state index contributed by atoms with van der Waals surface area (Å²) in [6.07, 6.45) is 3.45. The first kappa shape index (κ1) is 26.7. The second-order valence-electron chi connectivity index (χ2n) is 12.3. The zero-order valence-electron chi connectivity index (χ0n) is 21.5. The van der Waals surface area contributed by atoms with Crippen LogP contribution in [0.3, 0.4) is 0 Å². The van der Waals surface area contributed by atoms with Crippen molar-refractivity contribution in [2.24, 2.45) is 0 Å². The first-order valence-electron chi connectivity index (χ1n) is 11.8. The van der Waals surface area contributed by atoms with E-state index in [-0.39, 0.29) is 9.04 Å². The summed E-state index contributed by atoms with van der Waals surface area (Å²) in [6, 6.07) is 12.2. The van der Waals surface area contributed by atoms with E-state index in [4.69, 9.17) is 17.0 Å². The second kappa shape index (κ2) is 9.27. The van der Waals surface area contributed by atoms with Crippen LogP contribution in [-0.2, 0) is 24.8 Å². The molecular formula is C27H39Cl2Si2Zr. The molecule has 0 fully saturated rings. The SMILES string of the molecule is CCC1=Cc2c(ccc(C(C)(C)C)c2-c2cc([Si](C)(C)C)cc([Si](C)(C)C)c2)[CH]1[Zr]([Cl])[Cl]. The van der Waals surface area contributed by atoms with Crippen LogP contribution in [0.25, 0.3) is 17.2 Å². The molecule has 32 heavy (non-hydrogen) atoms. The van der Waals surface area contributed by atoms with Gasteiger partial charge in [-0.2, -0.15) is 0 Å². The zero-order valence-corrected chi connectivity index (χ0v) is 27.5. The van der Waals surface area contributed by atoms with Crippen molar-refractivity contribution < 1.29 is 19.4 Å². The van der Waals surface area contributed by atoms with Crippen LogP contribution in [0.5, 0.6) is 0 Å². The molecule has 1 aliphatic carbocycles. The predicted octanol–water partition coefficient (Wildman–Crippen LogP) is 8.52. The molecule has 0 spiro atoms. The number of hydrogen-bond donors (Lipinski definition) is 0. The minimum absolute atomic E-state index is 0.0562. The van der Waals surface area contributed by atoms with Gasteiger partial charge >= 0.3 is 215 Å². The third-order valence-corrected chi connectivity index (χ3v) is 16.1. The van der Waals surface area contributed by atoms with Crippen LogP contribution in [0.1, 0.15) is 54.4 Å². The van der Waals surface area contributed by atoms with Crippen LogP contribution >= 0.6 is 17.0 Å². The van der Waals surface area contributed by atoms with Crippen molar-refractivity contribution in [1.29, 1.82) is 0 Å². The Hall–Kier alpha value is 0.0769. The van der Waals surface area contributed by atoms with Crippen molar-refractivity contribution in [3.63, 3.8) is 0 Å². The molecule has 0 saturated carbocycles. The van der Waals surface area contributed by atoms with E-state index in [1.165, 1.54) is 33.4 Å². The van der Waals surface area contributed by atoms with Crippen LogP contribution in [0.15, 0.2) is 35.9 Å². The topological polar surface area (TPSA) is 0 Å². The van der Waals surface area contributed by atoms with Crippen LogP contribution < -0.4 is 10.4 Å². The van der Waals surface area contributed by atoms with Crippen molar-refractivity contribution in [2.45, 2.75) is 82.4 Å². The van der Waals surface area contributed by atoms with Gasteiger partial charge in [0.2, 0.25) is 0 Å². The summed E-state index contributed by atoms with van der Waals surface area (Å²) in [5, 5.41) is 3.12. The van der Waals surface area contributed by atoms with E-state index < -0.39 is 35.5 Å². The van der Waals surface area contributed by atoms with E-state index in [1.807, 2.05) is 0 Å². The maximum atomic E-state index is 6.72. The molecular weight excluding hydrogens is 543 g/mol. The summed E-state index contributed by atoms with van der Waals surface area (Å²) >= 11 is -2.50. The molecule has 3 rings (SSSR count). The molecule has 0 aliphatic heterocycles. The average molecular weight is 582 g/mol. The van der Waals surface area contributed by atoms with Crippen LogP contribution in [0, 0.1) is 0 Å². The normalized spacial score (nSPS) is 16.8. The van der Waals surface area contributed by atoms with Gasteiger partial charge < -0.3 is 0 Å². The van der Waals surface area contributed by atoms with Gasteiger partial charge in [-0.3, -0.25) is 0 Å². The van der Waals surface area contributed by atoms with Crippen LogP contribution in [0.2, 0.25) is 39.3 Å². The van der Waals surface area contributed by atoms with Gasteiger partial charge in [-0.25, -0.2) is 0 Å². The Labute approximate surface area is 213 Å². The standard InChI is InChI=1S/C27H39Si2.2ClH.Zr/c1-11-19-14-20-12-13-25(27(2,3)4)26(24(20)15-19)21-16-22(28(5,6)7)18-23(17-21)29(8,9)10;;;/h12-18H,11H2,1-10H3;2*1H;/q;;;+2/p-2. The molecule has 1 atom stereocenters. The number of rotatable bonds is 5. The summed E-state index contributed by atoms with van der Waals surface area (Å²) in [4.78, 5) is 0. The molecule has 0 nitrogen and oxygen atoms in total. The molecule has 2 aromatic rings. The van der Waals surface area contributed by atoms with Crippen molar-refractivity contribution in [2.75, 3.05) is 0 Å². The monoisotopic (exact) mass is 579 g/mol. The molecule has 0 amide bonds. The number of allylic oxidation sites excluding steroid dienone is 1. The number of fused-ring (bicyclic) bond motifs is 1. The summed E-state index contributed by atoms with van der Waals surface area (Å²) < 4.78 is 0.283. The van der Waals surface area contributed by atoms with Gasteiger partial charge in [0.15, 0.2) is 0 Å². The van der Waals surface area contributed by atoms with Gasteiger partial charge in [-0.1, -0.05) is 0 Å². The van der Waals surface area contributed by atoms with Crippen LogP contribution in [0.4, 0.5) is 0 Å². The molecule has 1 unspecified atom stereocenters. The molecule has 0 bridgehead atoms. The zero-order chi connectivity index (χ0) is 24.2. The summed E-state index contributed by atoms with van der Waals surface area (Å²) in [5.74, 6) is 0. The molecule has 0 radical (unpaired) electrons. The van der Waals surface area contributed by atoms with Gasteiger partial charge in [-0.05, 0) is 0 Å². The molecule has 0 aromatic heterocycles. The van der Waals surface area contributed by atoms with Crippen molar-refractivity contribution in [3.8, 4) is 11.1 Å². The molecule has 0 saturated heterocycles. The van der Waals surface area contributed by atoms with Crippen LogP contribution in [-0.4, -0.2) is 16.1 Å². The predicted molar refractivity (Wildman–Crippen MR) is 149 cm³/mol. The van der Waals surface area contributed by atoms with Crippen molar-refractivity contribution in [1.82, 2.24) is 0 Å². The molecule has 173 valence electrons. The first-order valence-corrected chi connectivity index (χ1v) is 26.5. The number of halogens is 2. The quantitative estimate of drug-likeness (QED) is 0.311. The third kappa shape index (κ3) is 5.33. The van der Waals surface area contributed by atoms with Gasteiger partial charge in [-0.15, -0.1) is 0 Å². The fraction of sp³-hybridized carbons (Fsp3) is 0.481. The van der Waals surface area contributed by atoms with E-state index in [0.717, 1.165) is 6.42 Å². The Morgan fingerprint density at radius 3 is 1.81 bits per heavy atom. The molecule has 1 aliphatic rings. The molecule has 0 N–H and O–H groups in total. The Morgan fingerprint density at radius 2 is 1.41 bits per heavy atom. The fourth-order valence-corrected chi connectivity index (χ4v) is 12.8. The third-order valence-electron chi connectivity index (χ3n) is 6.68. The van der Waals surface area contributed by atoms with Gasteiger partial charge in [0.1, 0.15) is 0 Å². The Morgan fingerprint density at radius 1 is 0.875 bits per heavy atom. The summed E-state index contributed by atoms with van der Waals surface area (Å²) in [6.45, 7) is 24.0. The molecule has 0 heterocycles. The first-order chi connectivity index (χ1) is 14.6. The number of hydrogen-bond acceptors (Lipinski definition) is 0. The molecule has 5 heteroatoms. The Kier molecular flexibility index (Phi) is 7.73. The summed E-state index contributed by atoms with van der Waals surface area (Å²) in [7, 11) is 10.5. The minimum atomic E-state index is -2.50. The second-order valence-corrected chi connectivity index (χ2v) is 31.3. The van der Waals surface area contributed by atoms with E-state index in [2.05, 4.69) is 103 Å². The van der Waals surface area contributed by atoms with Crippen molar-refractivity contribution in [3.05, 3.63) is 52.6 Å². The Bertz CT molecular complexity index is 1020. The molecule has 2 aromatic carbocycles. The Balaban J connectivity index is 2.44.